The molecule has 0 fully saturated rings. The molecule has 0 spiro atoms. The van der Waals surface area contributed by atoms with Gasteiger partial charge in [-0.05, 0) is 22.8 Å². The number of carbonyl (C=O) groups excluding carboxylic acids is 1. The molecule has 88 valence electrons. The van der Waals surface area contributed by atoms with Crippen molar-refractivity contribution in [2.75, 3.05) is 7.11 Å². The number of hydrogen-bond donors (Lipinski definition) is 0. The minimum Gasteiger partial charge on any atom is -0.496 e. The van der Waals surface area contributed by atoms with Crippen LogP contribution in [0, 0.1) is 0 Å². The summed E-state index contributed by atoms with van der Waals surface area (Å²) < 4.78 is 5.40. The van der Waals surface area contributed by atoms with Crippen LogP contribution < -0.4 is 4.74 Å². The predicted molar refractivity (Wildman–Crippen MR) is 69.6 cm³/mol. The summed E-state index contributed by atoms with van der Waals surface area (Å²) in [4.78, 5) is 10.7. The number of benzene rings is 2. The van der Waals surface area contributed by atoms with Gasteiger partial charge in [0.25, 0.3) is 0 Å². The molecule has 0 heterocycles. The second-order valence-electron chi connectivity index (χ2n) is 4.21. The van der Waals surface area contributed by atoms with E-state index in [2.05, 4.69) is 19.1 Å². The average Bonchev–Trinajstić information content (AvgIpc) is 2.37. The topological polar surface area (TPSA) is 26.3 Å². The summed E-state index contributed by atoms with van der Waals surface area (Å²) in [6, 6.07) is 12.2. The number of methoxy groups -OCH3 is 1. The molecule has 2 aromatic rings. The average molecular weight is 228 g/mol. The zero-order valence-corrected chi connectivity index (χ0v) is 10.1. The normalized spacial score (nSPS) is 12.4. The van der Waals surface area contributed by atoms with E-state index >= 15 is 0 Å². The van der Waals surface area contributed by atoms with Gasteiger partial charge >= 0.3 is 0 Å². The lowest BCUT2D eigenvalue weighted by Crippen LogP contribution is -1.99. The number of aldehydes is 1. The SMILES string of the molecule is COc1ccc2ccccc2c1C(C)CC=O. The highest BCUT2D eigenvalue weighted by atomic mass is 16.5. The van der Waals surface area contributed by atoms with E-state index in [9.17, 15) is 4.79 Å². The van der Waals surface area contributed by atoms with Crippen molar-refractivity contribution in [3.63, 3.8) is 0 Å². The summed E-state index contributed by atoms with van der Waals surface area (Å²) in [5.74, 6) is 1.03. The number of carbonyl (C=O) groups is 1. The van der Waals surface area contributed by atoms with E-state index in [0.717, 1.165) is 17.6 Å². The van der Waals surface area contributed by atoms with Gasteiger partial charge in [-0.25, -0.2) is 0 Å². The van der Waals surface area contributed by atoms with Gasteiger partial charge in [0.1, 0.15) is 12.0 Å². The molecule has 2 nitrogen and oxygen atoms in total. The highest BCUT2D eigenvalue weighted by molar-refractivity contribution is 5.88. The first-order valence-corrected chi connectivity index (χ1v) is 5.77. The highest BCUT2D eigenvalue weighted by Gasteiger charge is 2.14. The number of fused-ring (bicyclic) bond motifs is 1. The summed E-state index contributed by atoms with van der Waals surface area (Å²) in [6.45, 7) is 2.05. The quantitative estimate of drug-likeness (QED) is 0.748. The Balaban J connectivity index is 2.66. The second kappa shape index (κ2) is 5.00. The fraction of sp³-hybridized carbons (Fsp3) is 0.267. The zero-order chi connectivity index (χ0) is 12.3. The van der Waals surface area contributed by atoms with Crippen LogP contribution in [0.5, 0.6) is 5.75 Å². The van der Waals surface area contributed by atoms with E-state index in [1.807, 2.05) is 24.3 Å². The summed E-state index contributed by atoms with van der Waals surface area (Å²) in [5.41, 5.74) is 1.12. The molecule has 0 aromatic heterocycles. The smallest absolute Gasteiger partial charge is 0.122 e. The third-order valence-electron chi connectivity index (χ3n) is 3.09. The lowest BCUT2D eigenvalue weighted by molar-refractivity contribution is -0.108. The first-order chi connectivity index (χ1) is 8.27. The first kappa shape index (κ1) is 11.6. The van der Waals surface area contributed by atoms with Crippen LogP contribution in [0.15, 0.2) is 36.4 Å². The Bertz CT molecular complexity index is 531. The van der Waals surface area contributed by atoms with E-state index in [1.165, 1.54) is 10.8 Å². The van der Waals surface area contributed by atoms with Gasteiger partial charge < -0.3 is 9.53 Å². The van der Waals surface area contributed by atoms with Crippen molar-refractivity contribution in [3.05, 3.63) is 42.0 Å². The Morgan fingerprint density at radius 1 is 1.24 bits per heavy atom. The number of rotatable bonds is 4. The molecule has 0 radical (unpaired) electrons. The van der Waals surface area contributed by atoms with E-state index in [0.29, 0.717) is 6.42 Å². The molecular formula is C15H16O2. The minimum atomic E-state index is 0.175. The van der Waals surface area contributed by atoms with Crippen LogP contribution >= 0.6 is 0 Å². The first-order valence-electron chi connectivity index (χ1n) is 5.77. The Morgan fingerprint density at radius 2 is 2.00 bits per heavy atom. The van der Waals surface area contributed by atoms with Gasteiger partial charge in [-0.2, -0.15) is 0 Å². The molecule has 0 aliphatic carbocycles. The van der Waals surface area contributed by atoms with Gasteiger partial charge in [-0.1, -0.05) is 37.3 Å². The van der Waals surface area contributed by atoms with Crippen molar-refractivity contribution < 1.29 is 9.53 Å². The van der Waals surface area contributed by atoms with Crippen molar-refractivity contribution in [1.82, 2.24) is 0 Å². The van der Waals surface area contributed by atoms with Gasteiger partial charge in [-0.3, -0.25) is 0 Å². The van der Waals surface area contributed by atoms with Crippen LogP contribution in [0.3, 0.4) is 0 Å². The molecule has 0 saturated carbocycles. The lowest BCUT2D eigenvalue weighted by Gasteiger charge is -2.16. The van der Waals surface area contributed by atoms with E-state index in [1.54, 1.807) is 7.11 Å². The van der Waals surface area contributed by atoms with Gasteiger partial charge in [0.05, 0.1) is 7.11 Å². The third-order valence-corrected chi connectivity index (χ3v) is 3.09. The Hall–Kier alpha value is -1.83. The summed E-state index contributed by atoms with van der Waals surface area (Å²) in [7, 11) is 1.67. The molecule has 1 atom stereocenters. The summed E-state index contributed by atoms with van der Waals surface area (Å²) in [6.07, 6.45) is 1.48. The highest BCUT2D eigenvalue weighted by Crippen LogP contribution is 2.35. The van der Waals surface area contributed by atoms with Crippen LogP contribution in [-0.4, -0.2) is 13.4 Å². The van der Waals surface area contributed by atoms with Gasteiger partial charge in [0, 0.05) is 12.0 Å². The van der Waals surface area contributed by atoms with Crippen molar-refractivity contribution >= 4 is 17.1 Å². The molecule has 0 saturated heterocycles. The Morgan fingerprint density at radius 3 is 2.71 bits per heavy atom. The fourth-order valence-electron chi connectivity index (χ4n) is 2.22. The van der Waals surface area contributed by atoms with Crippen LogP contribution in [0.1, 0.15) is 24.8 Å². The molecule has 0 bridgehead atoms. The van der Waals surface area contributed by atoms with Crippen molar-refractivity contribution in [2.45, 2.75) is 19.3 Å². The summed E-state index contributed by atoms with van der Waals surface area (Å²) in [5, 5.41) is 2.35. The molecule has 1 unspecified atom stereocenters. The fourth-order valence-corrected chi connectivity index (χ4v) is 2.22. The van der Waals surface area contributed by atoms with Crippen molar-refractivity contribution in [2.24, 2.45) is 0 Å². The maximum atomic E-state index is 10.7. The maximum Gasteiger partial charge on any atom is 0.122 e. The number of ether oxygens (including phenoxy) is 1. The van der Waals surface area contributed by atoms with Crippen LogP contribution in [0.25, 0.3) is 10.8 Å². The monoisotopic (exact) mass is 228 g/mol. The zero-order valence-electron chi connectivity index (χ0n) is 10.1. The van der Waals surface area contributed by atoms with Gasteiger partial charge in [0.15, 0.2) is 0 Å². The lowest BCUT2D eigenvalue weighted by atomic mass is 9.92. The van der Waals surface area contributed by atoms with Crippen LogP contribution in [0.2, 0.25) is 0 Å². The maximum absolute atomic E-state index is 10.7. The molecular weight excluding hydrogens is 212 g/mol. The van der Waals surface area contributed by atoms with E-state index in [-0.39, 0.29) is 5.92 Å². The molecule has 17 heavy (non-hydrogen) atoms. The van der Waals surface area contributed by atoms with Crippen molar-refractivity contribution in [1.29, 1.82) is 0 Å². The Labute approximate surface area is 101 Å². The van der Waals surface area contributed by atoms with Gasteiger partial charge in [0.2, 0.25) is 0 Å². The molecule has 2 rings (SSSR count). The Kier molecular flexibility index (Phi) is 3.43. The standard InChI is InChI=1S/C15H16O2/c1-11(9-10-16)15-13-6-4-3-5-12(13)7-8-14(15)17-2/h3-8,10-11H,9H2,1-2H3. The molecule has 0 aliphatic heterocycles. The number of hydrogen-bond acceptors (Lipinski definition) is 2. The minimum absolute atomic E-state index is 0.175. The molecule has 0 N–H and O–H groups in total. The van der Waals surface area contributed by atoms with E-state index in [4.69, 9.17) is 4.74 Å². The van der Waals surface area contributed by atoms with Crippen LogP contribution in [-0.2, 0) is 4.79 Å². The third kappa shape index (κ3) is 2.16. The molecule has 0 amide bonds. The molecule has 0 aliphatic rings. The van der Waals surface area contributed by atoms with Gasteiger partial charge in [-0.15, -0.1) is 0 Å². The summed E-state index contributed by atoms with van der Waals surface area (Å²) >= 11 is 0. The largest absolute Gasteiger partial charge is 0.496 e. The predicted octanol–water partition coefficient (Wildman–Crippen LogP) is 3.54. The molecule has 2 aromatic carbocycles. The van der Waals surface area contributed by atoms with Crippen molar-refractivity contribution in [3.8, 4) is 5.75 Å². The molecule has 2 heteroatoms. The van der Waals surface area contributed by atoms with Crippen LogP contribution in [0.4, 0.5) is 0 Å². The van der Waals surface area contributed by atoms with E-state index < -0.39 is 0 Å². The second-order valence-corrected chi connectivity index (χ2v) is 4.21.